The summed E-state index contributed by atoms with van der Waals surface area (Å²) in [4.78, 5) is 89.2. The standard InChI is InChI=1S/C56H47F4N13O8S2/c1-68(2)25-35-45-49(74)72(41-21-23-43(80-5)66-64-41)55(78)70(27-33-37(57)9-7-10-38(33)58)51(45)82-47(35)29-13-17-31(18-14-29)61-53(76)63-54(77)62-32-19-15-30(16-20-32)48-36(26-69(3)4)46-50(75)73(42-22-24-44(81-6)67-65-42)56(79)71(52(46)83-48)28-34-39(59)11-8-12-40(34)60/h7-24H,25-28H2,1-6H3,(H3,61,62,63,76,77). The Kier molecular flexibility index (Phi) is 16.0. The summed E-state index contributed by atoms with van der Waals surface area (Å²) in [5.74, 6) is -3.66. The maximum atomic E-state index is 15.2. The average molecular weight is 1170 g/mol. The molecule has 3 N–H and O–H groups in total. The van der Waals surface area contributed by atoms with Crippen LogP contribution in [0.15, 0.2) is 128 Å². The Balaban J connectivity index is 0.911. The number of nitrogens with zero attached hydrogens (tertiary/aromatic N) is 10. The second-order valence-electron chi connectivity index (χ2n) is 19.1. The number of anilines is 2. The lowest BCUT2D eigenvalue weighted by Crippen LogP contribution is -2.39. The molecule has 0 bridgehead atoms. The van der Waals surface area contributed by atoms with Crippen molar-refractivity contribution in [2.45, 2.75) is 26.2 Å². The molecule has 4 aromatic carbocycles. The monoisotopic (exact) mass is 1170 g/mol. The van der Waals surface area contributed by atoms with E-state index in [0.717, 1.165) is 65.2 Å². The maximum Gasteiger partial charge on any atom is 0.338 e. The molecule has 4 amide bonds. The van der Waals surface area contributed by atoms with Gasteiger partial charge in [0, 0.05) is 57.5 Å². The van der Waals surface area contributed by atoms with Crippen LogP contribution in [0.3, 0.4) is 0 Å². The predicted octanol–water partition coefficient (Wildman–Crippen LogP) is 7.80. The van der Waals surface area contributed by atoms with E-state index in [-0.39, 0.29) is 68.3 Å². The van der Waals surface area contributed by atoms with Crippen LogP contribution in [0.5, 0.6) is 11.8 Å². The SMILES string of the molecule is COc1ccc(-n2c(=O)c3c(CN(C)C)c(-c4ccc(NC(=O)NC(=O)Nc5ccc(-c6sc7c(c6CN(C)C)c(=O)n(-c6ccc(OC)nn6)c(=O)n7Cc6c(F)cccc6F)cc5)cc4)sc3n(Cc3c(F)cccc3F)c2=O)nn1. The molecule has 0 saturated heterocycles. The molecule has 0 spiro atoms. The lowest BCUT2D eigenvalue weighted by molar-refractivity contribution is 0.240. The highest BCUT2D eigenvalue weighted by molar-refractivity contribution is 7.22. The van der Waals surface area contributed by atoms with Crippen molar-refractivity contribution in [3.05, 3.63) is 196 Å². The van der Waals surface area contributed by atoms with E-state index in [4.69, 9.17) is 9.47 Å². The van der Waals surface area contributed by atoms with Crippen LogP contribution in [0, 0.1) is 23.3 Å². The van der Waals surface area contributed by atoms with Gasteiger partial charge in [0.15, 0.2) is 11.6 Å². The Hall–Kier alpha value is -9.70. The number of methoxy groups -OCH3 is 2. The molecule has 0 aliphatic rings. The van der Waals surface area contributed by atoms with Crippen molar-refractivity contribution < 1.29 is 36.6 Å². The quantitative estimate of drug-likeness (QED) is 0.0784. The van der Waals surface area contributed by atoms with E-state index >= 15 is 17.6 Å². The van der Waals surface area contributed by atoms with E-state index in [2.05, 4.69) is 36.3 Å². The molecule has 424 valence electrons. The molecular weight excluding hydrogens is 1120 g/mol. The normalized spacial score (nSPS) is 11.5. The molecule has 0 unspecified atom stereocenters. The third kappa shape index (κ3) is 11.2. The van der Waals surface area contributed by atoms with Crippen LogP contribution in [0.25, 0.3) is 53.0 Å². The summed E-state index contributed by atoms with van der Waals surface area (Å²) in [6.07, 6.45) is 0. The largest absolute Gasteiger partial charge is 0.480 e. The number of imide groups is 1. The summed E-state index contributed by atoms with van der Waals surface area (Å²) in [5.41, 5.74) is -1.54. The number of carbonyl (C=O) groups excluding carboxylic acids is 2. The summed E-state index contributed by atoms with van der Waals surface area (Å²) in [7, 11) is 9.86. The number of thiophene rings is 2. The van der Waals surface area contributed by atoms with Gasteiger partial charge in [-0.1, -0.05) is 36.4 Å². The van der Waals surface area contributed by atoms with Gasteiger partial charge in [0.2, 0.25) is 11.8 Å². The van der Waals surface area contributed by atoms with Gasteiger partial charge in [0.05, 0.1) is 38.1 Å². The highest BCUT2D eigenvalue weighted by Gasteiger charge is 2.28. The lowest BCUT2D eigenvalue weighted by atomic mass is 10.1. The topological polar surface area (TPSA) is 235 Å². The van der Waals surface area contributed by atoms with Gasteiger partial charge in [-0.15, -0.1) is 43.1 Å². The maximum absolute atomic E-state index is 15.2. The third-order valence-corrected chi connectivity index (χ3v) is 15.6. The molecule has 0 radical (unpaired) electrons. The van der Waals surface area contributed by atoms with Crippen LogP contribution >= 0.6 is 22.7 Å². The van der Waals surface area contributed by atoms with Crippen molar-refractivity contribution in [2.75, 3.05) is 53.0 Å². The minimum absolute atomic E-state index is 0.0979. The number of aromatic nitrogens is 8. The van der Waals surface area contributed by atoms with E-state index in [0.29, 0.717) is 32.0 Å². The highest BCUT2D eigenvalue weighted by Crippen LogP contribution is 2.40. The number of nitrogens with one attached hydrogen (secondary N) is 3. The number of amides is 4. The lowest BCUT2D eigenvalue weighted by Gasteiger charge is -2.14. The Morgan fingerprint density at radius 1 is 0.506 bits per heavy atom. The first-order chi connectivity index (χ1) is 39.8. The number of carbonyl (C=O) groups is 2. The second-order valence-corrected chi connectivity index (χ2v) is 21.1. The van der Waals surface area contributed by atoms with Gasteiger partial charge < -0.3 is 29.9 Å². The number of urea groups is 2. The fourth-order valence-corrected chi connectivity index (χ4v) is 11.8. The molecule has 10 rings (SSSR count). The third-order valence-electron chi connectivity index (χ3n) is 13.0. The highest BCUT2D eigenvalue weighted by atomic mass is 32.1. The number of rotatable bonds is 16. The fourth-order valence-electron chi connectivity index (χ4n) is 9.22. The summed E-state index contributed by atoms with van der Waals surface area (Å²) in [5, 5.41) is 23.6. The molecule has 0 aliphatic carbocycles. The first-order valence-corrected chi connectivity index (χ1v) is 26.6. The molecule has 10 aromatic rings. The van der Waals surface area contributed by atoms with Crippen LogP contribution < -0.4 is 47.9 Å². The van der Waals surface area contributed by atoms with Gasteiger partial charge in [-0.3, -0.25) is 24.0 Å². The first-order valence-electron chi connectivity index (χ1n) is 25.0. The van der Waals surface area contributed by atoms with Gasteiger partial charge in [-0.05, 0) is 111 Å². The van der Waals surface area contributed by atoms with Crippen LogP contribution in [0.2, 0.25) is 0 Å². The first kappa shape index (κ1) is 56.6. The zero-order valence-electron chi connectivity index (χ0n) is 44.8. The number of hydrogen-bond donors (Lipinski definition) is 3. The number of hydrogen-bond acceptors (Lipinski definition) is 16. The van der Waals surface area contributed by atoms with Gasteiger partial charge in [0.25, 0.3) is 11.1 Å². The number of benzene rings is 4. The molecule has 0 fully saturated rings. The van der Waals surface area contributed by atoms with Gasteiger partial charge in [-0.2, -0.15) is 0 Å². The number of ether oxygens (including phenoxy) is 2. The van der Waals surface area contributed by atoms with E-state index in [1.807, 2.05) is 9.80 Å². The summed E-state index contributed by atoms with van der Waals surface area (Å²) in [6, 6.07) is 23.3. The Morgan fingerprint density at radius 3 is 1.18 bits per heavy atom. The molecule has 21 nitrogen and oxygen atoms in total. The van der Waals surface area contributed by atoms with Crippen molar-refractivity contribution in [2.24, 2.45) is 0 Å². The van der Waals surface area contributed by atoms with E-state index in [9.17, 15) is 28.8 Å². The van der Waals surface area contributed by atoms with Crippen LogP contribution in [-0.2, 0) is 26.2 Å². The number of fused-ring (bicyclic) bond motifs is 2. The summed E-state index contributed by atoms with van der Waals surface area (Å²) in [6.45, 7) is -0.788. The summed E-state index contributed by atoms with van der Waals surface area (Å²) >= 11 is 2.12. The minimum atomic E-state index is -0.924. The van der Waals surface area contributed by atoms with E-state index < -0.39 is 82.0 Å². The Bertz CT molecular complexity index is 4090. The average Bonchev–Trinajstić information content (AvgIpc) is 4.24. The number of halogens is 4. The van der Waals surface area contributed by atoms with Crippen molar-refractivity contribution >= 4 is 66.5 Å². The summed E-state index contributed by atoms with van der Waals surface area (Å²) < 4.78 is 74.8. The molecular formula is C56H47F4N13O8S2. The molecule has 6 aromatic heterocycles. The molecule has 27 heteroatoms. The zero-order chi connectivity index (χ0) is 59.0. The predicted molar refractivity (Wildman–Crippen MR) is 305 cm³/mol. The van der Waals surface area contributed by atoms with E-state index in [1.165, 1.54) is 50.6 Å². The molecule has 0 aliphatic heterocycles. The van der Waals surface area contributed by atoms with Gasteiger partial charge in [0.1, 0.15) is 32.9 Å². The second kappa shape index (κ2) is 23.4. The fraction of sp³-hybridized carbons (Fsp3) is 0.179. The molecule has 83 heavy (non-hydrogen) atoms. The Morgan fingerprint density at radius 2 is 0.867 bits per heavy atom. The van der Waals surface area contributed by atoms with Crippen molar-refractivity contribution in [1.82, 2.24) is 53.8 Å². The van der Waals surface area contributed by atoms with Gasteiger partial charge >= 0.3 is 23.4 Å². The van der Waals surface area contributed by atoms with Gasteiger partial charge in [-0.25, -0.2) is 45.9 Å². The van der Waals surface area contributed by atoms with Crippen molar-refractivity contribution in [1.29, 1.82) is 0 Å². The van der Waals surface area contributed by atoms with Crippen molar-refractivity contribution in [3.63, 3.8) is 0 Å². The Labute approximate surface area is 474 Å². The smallest absolute Gasteiger partial charge is 0.338 e. The molecule has 6 heterocycles. The van der Waals surface area contributed by atoms with Crippen molar-refractivity contribution in [3.8, 4) is 44.3 Å². The molecule has 0 saturated carbocycles. The zero-order valence-corrected chi connectivity index (χ0v) is 46.4. The van der Waals surface area contributed by atoms with Crippen LogP contribution in [-0.4, -0.2) is 103 Å². The molecule has 0 atom stereocenters. The minimum Gasteiger partial charge on any atom is -0.480 e. The van der Waals surface area contributed by atoms with E-state index in [1.54, 1.807) is 76.7 Å². The van der Waals surface area contributed by atoms with Crippen LogP contribution in [0.4, 0.5) is 38.5 Å². The van der Waals surface area contributed by atoms with Crippen LogP contribution in [0.1, 0.15) is 22.3 Å².